The Morgan fingerprint density at radius 2 is 2.16 bits per heavy atom. The molecule has 0 amide bonds. The maximum Gasteiger partial charge on any atom is 0.234 e. The smallest absolute Gasteiger partial charge is 0.234 e. The molecule has 3 aromatic rings. The molecule has 96 valence electrons. The summed E-state index contributed by atoms with van der Waals surface area (Å²) in [6, 6.07) is 5.88. The zero-order valence-corrected chi connectivity index (χ0v) is 11.6. The largest absolute Gasteiger partial charge is 0.495 e. The fourth-order valence-electron chi connectivity index (χ4n) is 2.04. The topological polar surface area (TPSA) is 39.4 Å². The van der Waals surface area contributed by atoms with Gasteiger partial charge < -0.3 is 4.74 Å². The van der Waals surface area contributed by atoms with Gasteiger partial charge in [-0.1, -0.05) is 6.07 Å². The van der Waals surface area contributed by atoms with Gasteiger partial charge in [-0.3, -0.25) is 4.40 Å². The maximum atomic E-state index is 5.46. The van der Waals surface area contributed by atoms with Crippen LogP contribution in [-0.2, 0) is 0 Å². The van der Waals surface area contributed by atoms with Crippen molar-refractivity contribution in [2.45, 2.75) is 11.8 Å². The van der Waals surface area contributed by atoms with E-state index in [4.69, 9.17) is 4.74 Å². The molecular formula is C14H13N3OS. The Balaban J connectivity index is 2.23. The van der Waals surface area contributed by atoms with Crippen LogP contribution in [0.5, 0.6) is 5.75 Å². The Morgan fingerprint density at radius 3 is 2.89 bits per heavy atom. The second-order valence-corrected chi connectivity index (χ2v) is 4.71. The average molecular weight is 271 g/mol. The molecule has 0 saturated heterocycles. The Morgan fingerprint density at radius 1 is 1.32 bits per heavy atom. The van der Waals surface area contributed by atoms with Crippen molar-refractivity contribution in [3.63, 3.8) is 0 Å². The minimum atomic E-state index is 0.667. The van der Waals surface area contributed by atoms with Crippen LogP contribution in [0.4, 0.5) is 0 Å². The van der Waals surface area contributed by atoms with Crippen LogP contribution in [0.3, 0.4) is 0 Å². The number of rotatable bonds is 2. The molecule has 1 aromatic carbocycles. The highest BCUT2D eigenvalue weighted by atomic mass is 32.1. The summed E-state index contributed by atoms with van der Waals surface area (Å²) in [7, 11) is 1.64. The normalized spacial score (nSPS) is 10.9. The van der Waals surface area contributed by atoms with Gasteiger partial charge in [-0.2, -0.15) is 0 Å². The van der Waals surface area contributed by atoms with E-state index in [-0.39, 0.29) is 0 Å². The van der Waals surface area contributed by atoms with Crippen molar-refractivity contribution in [3.05, 3.63) is 42.4 Å². The summed E-state index contributed by atoms with van der Waals surface area (Å²) in [5.41, 5.74) is 2.82. The van der Waals surface area contributed by atoms with Crippen LogP contribution in [0, 0.1) is 6.92 Å². The molecule has 0 saturated carbocycles. The molecule has 2 heterocycles. The first-order valence-electron chi connectivity index (χ1n) is 5.87. The SMILES string of the molecule is COc1c(-c2cn3cccnc3n2)ccc(C)c1S. The highest BCUT2D eigenvalue weighted by molar-refractivity contribution is 7.80. The van der Waals surface area contributed by atoms with Crippen molar-refractivity contribution in [2.24, 2.45) is 0 Å². The van der Waals surface area contributed by atoms with Gasteiger partial charge in [-0.15, -0.1) is 12.6 Å². The number of methoxy groups -OCH3 is 1. The van der Waals surface area contributed by atoms with Crippen molar-refractivity contribution in [1.82, 2.24) is 14.4 Å². The van der Waals surface area contributed by atoms with Crippen LogP contribution in [-0.4, -0.2) is 21.5 Å². The van der Waals surface area contributed by atoms with Gasteiger partial charge in [0.25, 0.3) is 0 Å². The van der Waals surface area contributed by atoms with E-state index in [1.807, 2.05) is 41.9 Å². The molecule has 0 radical (unpaired) electrons. The average Bonchev–Trinajstić information content (AvgIpc) is 2.85. The minimum Gasteiger partial charge on any atom is -0.495 e. The zero-order valence-electron chi connectivity index (χ0n) is 10.7. The molecule has 0 unspecified atom stereocenters. The number of hydrogen-bond donors (Lipinski definition) is 1. The molecule has 19 heavy (non-hydrogen) atoms. The second kappa shape index (κ2) is 4.59. The molecule has 0 atom stereocenters. The minimum absolute atomic E-state index is 0.667. The van der Waals surface area contributed by atoms with Crippen molar-refractivity contribution in [2.75, 3.05) is 7.11 Å². The summed E-state index contributed by atoms with van der Waals surface area (Å²) < 4.78 is 7.34. The highest BCUT2D eigenvalue weighted by Gasteiger charge is 2.14. The van der Waals surface area contributed by atoms with Gasteiger partial charge in [-0.25, -0.2) is 9.97 Å². The number of imidazole rings is 1. The Labute approximate surface area is 116 Å². The number of aromatic nitrogens is 3. The first-order valence-corrected chi connectivity index (χ1v) is 6.32. The van der Waals surface area contributed by atoms with Gasteiger partial charge in [-0.05, 0) is 24.6 Å². The van der Waals surface area contributed by atoms with Crippen molar-refractivity contribution in [1.29, 1.82) is 0 Å². The van der Waals surface area contributed by atoms with Gasteiger partial charge >= 0.3 is 0 Å². The number of hydrogen-bond acceptors (Lipinski definition) is 4. The maximum absolute atomic E-state index is 5.46. The van der Waals surface area contributed by atoms with E-state index in [0.29, 0.717) is 5.78 Å². The van der Waals surface area contributed by atoms with Gasteiger partial charge in [0.05, 0.1) is 12.8 Å². The number of ether oxygens (including phenoxy) is 1. The van der Waals surface area contributed by atoms with E-state index >= 15 is 0 Å². The molecule has 0 N–H and O–H groups in total. The molecule has 3 rings (SSSR count). The van der Waals surface area contributed by atoms with Crippen molar-refractivity contribution >= 4 is 18.4 Å². The molecule has 0 fully saturated rings. The third-order valence-electron chi connectivity index (χ3n) is 3.05. The first kappa shape index (κ1) is 12.0. The van der Waals surface area contributed by atoms with Crippen LogP contribution in [0.2, 0.25) is 0 Å². The van der Waals surface area contributed by atoms with E-state index in [0.717, 1.165) is 27.5 Å². The van der Waals surface area contributed by atoms with E-state index in [9.17, 15) is 0 Å². The molecule has 5 heteroatoms. The lowest BCUT2D eigenvalue weighted by molar-refractivity contribution is 0.406. The number of thiol groups is 1. The standard InChI is InChI=1S/C14H13N3OS/c1-9-4-5-10(12(18-2)13(9)19)11-8-17-7-3-6-15-14(17)16-11/h3-8,19H,1-2H3. The summed E-state index contributed by atoms with van der Waals surface area (Å²) >= 11 is 4.50. The molecule has 0 aliphatic rings. The zero-order chi connectivity index (χ0) is 13.4. The summed E-state index contributed by atoms with van der Waals surface area (Å²) in [4.78, 5) is 9.55. The second-order valence-electron chi connectivity index (χ2n) is 4.26. The number of nitrogens with zero attached hydrogens (tertiary/aromatic N) is 3. The monoisotopic (exact) mass is 271 g/mol. The first-order chi connectivity index (χ1) is 9.20. The van der Waals surface area contributed by atoms with E-state index < -0.39 is 0 Å². The predicted molar refractivity (Wildman–Crippen MR) is 77.0 cm³/mol. The molecule has 0 aliphatic heterocycles. The van der Waals surface area contributed by atoms with Gasteiger partial charge in [0.15, 0.2) is 0 Å². The summed E-state index contributed by atoms with van der Waals surface area (Å²) in [5.74, 6) is 1.41. The molecule has 0 aliphatic carbocycles. The molecule has 4 nitrogen and oxygen atoms in total. The van der Waals surface area contributed by atoms with Crippen molar-refractivity contribution in [3.8, 4) is 17.0 Å². The summed E-state index contributed by atoms with van der Waals surface area (Å²) in [5, 5.41) is 0. The van der Waals surface area contributed by atoms with Gasteiger partial charge in [0.2, 0.25) is 5.78 Å². The Bertz CT molecular complexity index is 719. The van der Waals surface area contributed by atoms with Gasteiger partial charge in [0, 0.05) is 29.0 Å². The van der Waals surface area contributed by atoms with E-state index in [1.165, 1.54) is 0 Å². The van der Waals surface area contributed by atoms with Crippen LogP contribution in [0.15, 0.2) is 41.7 Å². The summed E-state index contributed by atoms with van der Waals surface area (Å²) in [6.45, 7) is 2.00. The number of aryl methyl sites for hydroxylation is 1. The van der Waals surface area contributed by atoms with Crippen LogP contribution >= 0.6 is 12.6 Å². The lowest BCUT2D eigenvalue weighted by Gasteiger charge is -2.10. The third kappa shape index (κ3) is 1.96. The number of benzene rings is 1. The molecule has 2 aromatic heterocycles. The van der Waals surface area contributed by atoms with Crippen LogP contribution < -0.4 is 4.74 Å². The lowest BCUT2D eigenvalue weighted by atomic mass is 10.1. The Kier molecular flexibility index (Phi) is 2.91. The van der Waals surface area contributed by atoms with Crippen LogP contribution in [0.1, 0.15) is 5.56 Å². The quantitative estimate of drug-likeness (QED) is 0.728. The lowest BCUT2D eigenvalue weighted by Crippen LogP contribution is -1.92. The van der Waals surface area contributed by atoms with E-state index in [1.54, 1.807) is 13.3 Å². The van der Waals surface area contributed by atoms with Crippen molar-refractivity contribution < 1.29 is 4.74 Å². The highest BCUT2D eigenvalue weighted by Crippen LogP contribution is 2.36. The molecule has 0 bridgehead atoms. The summed E-state index contributed by atoms with van der Waals surface area (Å²) in [6.07, 6.45) is 5.58. The molecule has 0 spiro atoms. The Hall–Kier alpha value is -2.01. The third-order valence-corrected chi connectivity index (χ3v) is 3.60. The van der Waals surface area contributed by atoms with Crippen LogP contribution in [0.25, 0.3) is 17.0 Å². The van der Waals surface area contributed by atoms with Gasteiger partial charge in [0.1, 0.15) is 5.75 Å². The molecular weight excluding hydrogens is 258 g/mol. The fraction of sp³-hybridized carbons (Fsp3) is 0.143. The number of fused-ring (bicyclic) bond motifs is 1. The fourth-order valence-corrected chi connectivity index (χ4v) is 2.32. The predicted octanol–water partition coefficient (Wildman–Crippen LogP) is 3.00. The van der Waals surface area contributed by atoms with E-state index in [2.05, 4.69) is 22.6 Å².